The lowest BCUT2D eigenvalue weighted by molar-refractivity contribution is 0.474. The van der Waals surface area contributed by atoms with E-state index in [4.69, 9.17) is 10.8 Å². The first kappa shape index (κ1) is 11.4. The number of nitrogens with two attached hydrogens (primary N) is 1. The monoisotopic (exact) mass is 241 g/mol. The van der Waals surface area contributed by atoms with Crippen molar-refractivity contribution in [3.8, 4) is 5.75 Å². The van der Waals surface area contributed by atoms with Crippen LogP contribution in [0.2, 0.25) is 0 Å². The fraction of sp³-hybridized carbons (Fsp3) is 0.455. The molecular weight excluding hydrogens is 226 g/mol. The van der Waals surface area contributed by atoms with Crippen LogP contribution in [-0.4, -0.2) is 25.8 Å². The Morgan fingerprint density at radius 3 is 2.25 bits per heavy atom. The van der Waals surface area contributed by atoms with Crippen LogP contribution in [0.4, 0.5) is 0 Å². The minimum absolute atomic E-state index is 0.0684. The average molecular weight is 241 g/mol. The van der Waals surface area contributed by atoms with E-state index in [-0.39, 0.29) is 21.8 Å². The summed E-state index contributed by atoms with van der Waals surface area (Å²) in [6.07, 6.45) is 1.78. The number of benzene rings is 1. The van der Waals surface area contributed by atoms with Crippen molar-refractivity contribution in [2.75, 3.05) is 12.3 Å². The molecule has 1 fully saturated rings. The lowest BCUT2D eigenvalue weighted by Gasteiger charge is -2.12. The van der Waals surface area contributed by atoms with Gasteiger partial charge in [-0.15, -0.1) is 0 Å². The average Bonchev–Trinajstić information content (AvgIpc) is 2.98. The van der Waals surface area contributed by atoms with Crippen LogP contribution in [0, 0.1) is 5.41 Å². The summed E-state index contributed by atoms with van der Waals surface area (Å²) < 4.78 is 24.0. The van der Waals surface area contributed by atoms with E-state index in [9.17, 15) is 8.42 Å². The highest BCUT2D eigenvalue weighted by Crippen LogP contribution is 2.46. The summed E-state index contributed by atoms with van der Waals surface area (Å²) in [5.74, 6) is 0.181. The first-order valence-corrected chi connectivity index (χ1v) is 6.85. The van der Waals surface area contributed by atoms with Crippen LogP contribution in [0.1, 0.15) is 12.8 Å². The third-order valence-corrected chi connectivity index (χ3v) is 5.06. The molecule has 0 radical (unpaired) electrons. The van der Waals surface area contributed by atoms with Crippen molar-refractivity contribution >= 4 is 9.84 Å². The van der Waals surface area contributed by atoms with Gasteiger partial charge in [-0.25, -0.2) is 8.42 Å². The zero-order chi connectivity index (χ0) is 11.8. The van der Waals surface area contributed by atoms with Gasteiger partial charge in [-0.2, -0.15) is 0 Å². The number of phenolic OH excluding ortho intramolecular Hbond substituents is 1. The van der Waals surface area contributed by atoms with Gasteiger partial charge in [0.1, 0.15) is 5.75 Å². The highest BCUT2D eigenvalue weighted by Gasteiger charge is 2.45. The quantitative estimate of drug-likeness (QED) is 0.821. The second kappa shape index (κ2) is 3.75. The van der Waals surface area contributed by atoms with Gasteiger partial charge in [0.2, 0.25) is 0 Å². The van der Waals surface area contributed by atoms with Crippen molar-refractivity contribution in [1.29, 1.82) is 0 Å². The van der Waals surface area contributed by atoms with Crippen LogP contribution in [0.15, 0.2) is 29.2 Å². The number of hydrogen-bond donors (Lipinski definition) is 2. The largest absolute Gasteiger partial charge is 0.508 e. The highest BCUT2D eigenvalue weighted by atomic mass is 32.2. The molecule has 0 bridgehead atoms. The Morgan fingerprint density at radius 2 is 1.81 bits per heavy atom. The van der Waals surface area contributed by atoms with Crippen LogP contribution in [0.5, 0.6) is 5.75 Å². The van der Waals surface area contributed by atoms with E-state index < -0.39 is 9.84 Å². The number of hydrogen-bond acceptors (Lipinski definition) is 4. The van der Waals surface area contributed by atoms with E-state index in [0.717, 1.165) is 12.8 Å². The van der Waals surface area contributed by atoms with Crippen LogP contribution in [0.25, 0.3) is 0 Å². The maximum Gasteiger partial charge on any atom is 0.178 e. The molecular formula is C11H15NO3S. The zero-order valence-corrected chi connectivity index (χ0v) is 9.70. The van der Waals surface area contributed by atoms with E-state index in [1.165, 1.54) is 24.3 Å². The maximum atomic E-state index is 12.0. The molecule has 0 aliphatic heterocycles. The molecule has 0 amide bonds. The summed E-state index contributed by atoms with van der Waals surface area (Å²) in [7, 11) is -3.28. The van der Waals surface area contributed by atoms with Gasteiger partial charge in [-0.05, 0) is 49.1 Å². The van der Waals surface area contributed by atoms with Crippen molar-refractivity contribution in [1.82, 2.24) is 0 Å². The molecule has 0 spiro atoms. The number of phenols is 1. The molecule has 3 N–H and O–H groups in total. The molecule has 16 heavy (non-hydrogen) atoms. The Morgan fingerprint density at radius 1 is 1.25 bits per heavy atom. The van der Waals surface area contributed by atoms with Crippen LogP contribution in [-0.2, 0) is 9.84 Å². The normalized spacial score (nSPS) is 18.3. The van der Waals surface area contributed by atoms with Crippen molar-refractivity contribution in [2.24, 2.45) is 11.1 Å². The Hall–Kier alpha value is -1.07. The summed E-state index contributed by atoms with van der Waals surface area (Å²) >= 11 is 0. The molecule has 5 heteroatoms. The molecule has 4 nitrogen and oxygen atoms in total. The van der Waals surface area contributed by atoms with Gasteiger partial charge in [-0.1, -0.05) is 0 Å². The molecule has 1 aromatic rings. The molecule has 0 atom stereocenters. The summed E-state index contributed by atoms with van der Waals surface area (Å²) in [4.78, 5) is 0.255. The molecule has 0 saturated heterocycles. The van der Waals surface area contributed by atoms with Crippen molar-refractivity contribution < 1.29 is 13.5 Å². The summed E-state index contributed by atoms with van der Waals surface area (Å²) in [5.41, 5.74) is 5.38. The lowest BCUT2D eigenvalue weighted by atomic mass is 10.1. The van der Waals surface area contributed by atoms with Gasteiger partial charge in [0.25, 0.3) is 0 Å². The summed E-state index contributed by atoms with van der Waals surface area (Å²) in [6.45, 7) is 0.421. The summed E-state index contributed by atoms with van der Waals surface area (Å²) in [5, 5.41) is 9.10. The Labute approximate surface area is 95.0 Å². The molecule has 1 saturated carbocycles. The molecule has 0 unspecified atom stereocenters. The van der Waals surface area contributed by atoms with Crippen LogP contribution in [0.3, 0.4) is 0 Å². The van der Waals surface area contributed by atoms with Gasteiger partial charge in [-0.3, -0.25) is 0 Å². The highest BCUT2D eigenvalue weighted by molar-refractivity contribution is 7.91. The van der Waals surface area contributed by atoms with Crippen LogP contribution >= 0.6 is 0 Å². The molecule has 2 rings (SSSR count). The van der Waals surface area contributed by atoms with Gasteiger partial charge >= 0.3 is 0 Å². The van der Waals surface area contributed by atoms with Crippen molar-refractivity contribution in [2.45, 2.75) is 17.7 Å². The van der Waals surface area contributed by atoms with Crippen molar-refractivity contribution in [3.05, 3.63) is 24.3 Å². The number of aromatic hydroxyl groups is 1. The molecule has 1 aliphatic rings. The molecule has 1 aliphatic carbocycles. The maximum absolute atomic E-state index is 12.0. The van der Waals surface area contributed by atoms with E-state index >= 15 is 0 Å². The fourth-order valence-corrected chi connectivity index (χ4v) is 3.65. The van der Waals surface area contributed by atoms with Crippen molar-refractivity contribution in [3.63, 3.8) is 0 Å². The van der Waals surface area contributed by atoms with Gasteiger partial charge in [0, 0.05) is 0 Å². The van der Waals surface area contributed by atoms with Gasteiger partial charge < -0.3 is 10.8 Å². The van der Waals surface area contributed by atoms with Gasteiger partial charge in [0.15, 0.2) is 9.84 Å². The first-order valence-electron chi connectivity index (χ1n) is 5.19. The molecule has 1 aromatic carbocycles. The lowest BCUT2D eigenvalue weighted by Crippen LogP contribution is -2.25. The minimum atomic E-state index is -3.28. The topological polar surface area (TPSA) is 80.4 Å². The second-order valence-electron chi connectivity index (χ2n) is 4.46. The SMILES string of the molecule is NCC1(CS(=O)(=O)c2ccc(O)cc2)CC1. The third kappa shape index (κ3) is 2.20. The van der Waals surface area contributed by atoms with E-state index in [1.807, 2.05) is 0 Å². The Kier molecular flexibility index (Phi) is 2.67. The standard InChI is InChI=1S/C11H15NO3S/c12-7-11(5-6-11)8-16(14,15)10-3-1-9(13)2-4-10/h1-4,13H,5-8,12H2. The predicted octanol–water partition coefficient (Wildman–Crippen LogP) is 0.905. The fourth-order valence-electron chi connectivity index (χ4n) is 1.72. The number of rotatable bonds is 4. The third-order valence-electron chi connectivity index (χ3n) is 3.08. The minimum Gasteiger partial charge on any atom is -0.508 e. The Balaban J connectivity index is 2.22. The predicted molar refractivity (Wildman–Crippen MR) is 60.9 cm³/mol. The van der Waals surface area contributed by atoms with Crippen LogP contribution < -0.4 is 5.73 Å². The second-order valence-corrected chi connectivity index (χ2v) is 6.45. The van der Waals surface area contributed by atoms with E-state index in [0.29, 0.717) is 6.54 Å². The molecule has 0 aromatic heterocycles. The van der Waals surface area contributed by atoms with E-state index in [2.05, 4.69) is 0 Å². The number of sulfone groups is 1. The summed E-state index contributed by atoms with van der Waals surface area (Å²) in [6, 6.07) is 5.62. The van der Waals surface area contributed by atoms with Gasteiger partial charge in [0.05, 0.1) is 10.6 Å². The molecule has 0 heterocycles. The Bertz CT molecular complexity index is 474. The smallest absolute Gasteiger partial charge is 0.178 e. The molecule has 88 valence electrons. The first-order chi connectivity index (χ1) is 7.47. The van der Waals surface area contributed by atoms with E-state index in [1.54, 1.807) is 0 Å². The zero-order valence-electron chi connectivity index (χ0n) is 8.89.